The fourth-order valence-corrected chi connectivity index (χ4v) is 3.55. The maximum Gasteiger partial charge on any atom is 0.277 e. The predicted molar refractivity (Wildman–Crippen MR) is 107 cm³/mol. The summed E-state index contributed by atoms with van der Waals surface area (Å²) < 4.78 is 0. The summed E-state index contributed by atoms with van der Waals surface area (Å²) in [6, 6.07) is 20.0. The molecule has 1 atom stereocenters. The van der Waals surface area contributed by atoms with E-state index in [9.17, 15) is 4.79 Å². The van der Waals surface area contributed by atoms with Gasteiger partial charge in [-0.05, 0) is 37.5 Å². The molecule has 2 heterocycles. The normalized spacial score (nSPS) is 15.5. The van der Waals surface area contributed by atoms with E-state index in [1.54, 1.807) is 6.07 Å². The van der Waals surface area contributed by atoms with Gasteiger partial charge >= 0.3 is 0 Å². The van der Waals surface area contributed by atoms with Gasteiger partial charge in [0.2, 0.25) is 0 Å². The number of carbonyl (C=O) groups excluding carboxylic acids is 1. The Hall–Kier alpha value is -3.21. The van der Waals surface area contributed by atoms with Crippen LogP contribution in [-0.4, -0.2) is 21.9 Å². The van der Waals surface area contributed by atoms with Crippen LogP contribution in [0.3, 0.4) is 0 Å². The van der Waals surface area contributed by atoms with Crippen molar-refractivity contribution in [3.63, 3.8) is 0 Å². The van der Waals surface area contributed by atoms with Crippen LogP contribution in [0.25, 0.3) is 0 Å². The van der Waals surface area contributed by atoms with Gasteiger partial charge in [0.1, 0.15) is 17.3 Å². The van der Waals surface area contributed by atoms with Gasteiger partial charge in [-0.3, -0.25) is 4.79 Å². The number of rotatable bonds is 4. The van der Waals surface area contributed by atoms with Gasteiger partial charge in [-0.1, -0.05) is 48.5 Å². The third-order valence-electron chi connectivity index (χ3n) is 4.80. The first-order chi connectivity index (χ1) is 13.1. The highest BCUT2D eigenvalue weighted by atomic mass is 16.2. The Morgan fingerprint density at radius 2 is 1.85 bits per heavy atom. The molecule has 5 heteroatoms. The first-order valence-electron chi connectivity index (χ1n) is 9.17. The topological polar surface area (TPSA) is 58.1 Å². The lowest BCUT2D eigenvalue weighted by Crippen LogP contribution is -2.36. The highest BCUT2D eigenvalue weighted by Gasteiger charge is 2.32. The monoisotopic (exact) mass is 358 g/mol. The third-order valence-corrected chi connectivity index (χ3v) is 4.80. The Balaban J connectivity index is 1.58. The number of amides is 1. The Bertz CT molecular complexity index is 971. The molecule has 0 fully saturated rings. The number of benzene rings is 2. The van der Waals surface area contributed by atoms with Crippen molar-refractivity contribution in [2.45, 2.75) is 32.9 Å². The fourth-order valence-electron chi connectivity index (χ4n) is 3.55. The second-order valence-corrected chi connectivity index (χ2v) is 6.88. The smallest absolute Gasteiger partial charge is 0.277 e. The molecule has 27 heavy (non-hydrogen) atoms. The van der Waals surface area contributed by atoms with Gasteiger partial charge < -0.3 is 10.2 Å². The Morgan fingerprint density at radius 1 is 1.11 bits per heavy atom. The molecule has 0 saturated heterocycles. The van der Waals surface area contributed by atoms with Gasteiger partial charge in [0, 0.05) is 24.3 Å². The summed E-state index contributed by atoms with van der Waals surface area (Å²) in [5.41, 5.74) is 3.75. The molecule has 5 nitrogen and oxygen atoms in total. The van der Waals surface area contributed by atoms with Crippen LogP contribution in [0.2, 0.25) is 0 Å². The number of para-hydroxylation sites is 1. The van der Waals surface area contributed by atoms with Crippen LogP contribution < -0.4 is 10.2 Å². The van der Waals surface area contributed by atoms with Crippen molar-refractivity contribution in [2.75, 3.05) is 10.2 Å². The van der Waals surface area contributed by atoms with Crippen molar-refractivity contribution >= 4 is 17.4 Å². The molecule has 1 aliphatic rings. The van der Waals surface area contributed by atoms with Gasteiger partial charge in [-0.25, -0.2) is 9.97 Å². The molecule has 1 aromatic heterocycles. The summed E-state index contributed by atoms with van der Waals surface area (Å²) in [7, 11) is 0. The number of anilines is 2. The van der Waals surface area contributed by atoms with E-state index >= 15 is 0 Å². The van der Waals surface area contributed by atoms with Crippen LogP contribution in [0, 0.1) is 6.92 Å². The molecule has 4 rings (SSSR count). The summed E-state index contributed by atoms with van der Waals surface area (Å²) >= 11 is 0. The molecule has 0 radical (unpaired) electrons. The molecular weight excluding hydrogens is 336 g/mol. The van der Waals surface area contributed by atoms with Gasteiger partial charge in [0.15, 0.2) is 0 Å². The van der Waals surface area contributed by atoms with Crippen molar-refractivity contribution in [1.82, 2.24) is 9.97 Å². The van der Waals surface area contributed by atoms with Crippen LogP contribution in [0.5, 0.6) is 0 Å². The second-order valence-electron chi connectivity index (χ2n) is 6.88. The summed E-state index contributed by atoms with van der Waals surface area (Å²) in [6.07, 6.45) is 0.866. The average molecular weight is 358 g/mol. The van der Waals surface area contributed by atoms with E-state index in [0.29, 0.717) is 23.9 Å². The van der Waals surface area contributed by atoms with E-state index in [2.05, 4.69) is 40.4 Å². The van der Waals surface area contributed by atoms with Crippen molar-refractivity contribution < 1.29 is 4.79 Å². The molecule has 0 saturated carbocycles. The standard InChI is InChI=1S/C22H22N4O/c1-15-12-18-10-6-7-11-20(18)26(15)22(27)19-13-21(25-16(2)24-19)23-14-17-8-4-3-5-9-17/h3-11,13,15H,12,14H2,1-2H3,(H,23,24,25). The molecule has 1 aliphatic heterocycles. The number of carbonyl (C=O) groups is 1. The summed E-state index contributed by atoms with van der Waals surface area (Å²) in [5, 5.41) is 3.30. The quantitative estimate of drug-likeness (QED) is 0.766. The lowest BCUT2D eigenvalue weighted by Gasteiger charge is -2.22. The SMILES string of the molecule is Cc1nc(NCc2ccccc2)cc(C(=O)N2c3ccccc3CC2C)n1. The van der Waals surface area contributed by atoms with Crippen LogP contribution in [0.4, 0.5) is 11.5 Å². The number of aryl methyl sites for hydroxylation is 1. The average Bonchev–Trinajstić information content (AvgIpc) is 3.02. The first-order valence-corrected chi connectivity index (χ1v) is 9.17. The number of aromatic nitrogens is 2. The van der Waals surface area contributed by atoms with Crippen LogP contribution in [0.1, 0.15) is 34.4 Å². The van der Waals surface area contributed by atoms with Crippen LogP contribution in [0.15, 0.2) is 60.7 Å². The zero-order chi connectivity index (χ0) is 18.8. The molecule has 136 valence electrons. The third kappa shape index (κ3) is 3.53. The lowest BCUT2D eigenvalue weighted by molar-refractivity contribution is 0.0976. The number of hydrogen-bond acceptors (Lipinski definition) is 4. The van der Waals surface area contributed by atoms with Crippen molar-refractivity contribution in [3.05, 3.63) is 83.3 Å². The van der Waals surface area contributed by atoms with Crippen molar-refractivity contribution in [3.8, 4) is 0 Å². The number of fused-ring (bicyclic) bond motifs is 1. The van der Waals surface area contributed by atoms with E-state index in [1.165, 1.54) is 5.56 Å². The minimum atomic E-state index is -0.0827. The minimum absolute atomic E-state index is 0.0827. The Labute approximate surface area is 159 Å². The van der Waals surface area contributed by atoms with Crippen LogP contribution in [-0.2, 0) is 13.0 Å². The molecule has 0 spiro atoms. The number of nitrogens with one attached hydrogen (secondary N) is 1. The summed E-state index contributed by atoms with van der Waals surface area (Å²) in [6.45, 7) is 4.53. The van der Waals surface area contributed by atoms with E-state index in [-0.39, 0.29) is 11.9 Å². The molecule has 1 N–H and O–H groups in total. The summed E-state index contributed by atoms with van der Waals surface area (Å²) in [4.78, 5) is 23.9. The van der Waals surface area contributed by atoms with Crippen molar-refractivity contribution in [1.29, 1.82) is 0 Å². The van der Waals surface area contributed by atoms with E-state index in [4.69, 9.17) is 0 Å². The first kappa shape index (κ1) is 17.2. The van der Waals surface area contributed by atoms with Crippen LogP contribution >= 0.6 is 0 Å². The molecule has 1 amide bonds. The maximum absolute atomic E-state index is 13.2. The van der Waals surface area contributed by atoms with Gasteiger partial charge in [-0.15, -0.1) is 0 Å². The molecule has 0 aliphatic carbocycles. The largest absolute Gasteiger partial charge is 0.366 e. The fraction of sp³-hybridized carbons (Fsp3) is 0.227. The Kier molecular flexibility index (Phi) is 4.59. The molecule has 0 bridgehead atoms. The predicted octanol–water partition coefficient (Wildman–Crippen LogP) is 3.99. The van der Waals surface area contributed by atoms with Gasteiger partial charge in [0.25, 0.3) is 5.91 Å². The Morgan fingerprint density at radius 3 is 2.67 bits per heavy atom. The van der Waals surface area contributed by atoms with E-state index in [0.717, 1.165) is 17.7 Å². The van der Waals surface area contributed by atoms with E-state index in [1.807, 2.05) is 48.2 Å². The maximum atomic E-state index is 13.2. The molecular formula is C22H22N4O. The van der Waals surface area contributed by atoms with E-state index < -0.39 is 0 Å². The van der Waals surface area contributed by atoms with Gasteiger partial charge in [-0.2, -0.15) is 0 Å². The van der Waals surface area contributed by atoms with Crippen molar-refractivity contribution in [2.24, 2.45) is 0 Å². The molecule has 3 aromatic rings. The highest BCUT2D eigenvalue weighted by Crippen LogP contribution is 2.33. The number of hydrogen-bond donors (Lipinski definition) is 1. The zero-order valence-electron chi connectivity index (χ0n) is 15.5. The van der Waals surface area contributed by atoms with Gasteiger partial charge in [0.05, 0.1) is 0 Å². The highest BCUT2D eigenvalue weighted by molar-refractivity contribution is 6.06. The lowest BCUT2D eigenvalue weighted by atomic mass is 10.1. The summed E-state index contributed by atoms with van der Waals surface area (Å²) in [5.74, 6) is 1.16. The molecule has 1 unspecified atom stereocenters. The minimum Gasteiger partial charge on any atom is -0.366 e. The zero-order valence-corrected chi connectivity index (χ0v) is 15.5. The molecule has 2 aromatic carbocycles. The second kappa shape index (κ2) is 7.19. The number of nitrogens with zero attached hydrogens (tertiary/aromatic N) is 3.